The lowest BCUT2D eigenvalue weighted by Gasteiger charge is -2.32. The minimum atomic E-state index is 0.254. The molecular formula is C10H18N2O. The molecule has 3 nitrogen and oxygen atoms in total. The van der Waals surface area contributed by atoms with E-state index in [0.29, 0.717) is 6.04 Å². The molecule has 13 heavy (non-hydrogen) atoms. The van der Waals surface area contributed by atoms with Crippen molar-refractivity contribution in [2.24, 2.45) is 5.92 Å². The first-order valence-corrected chi connectivity index (χ1v) is 5.23. The van der Waals surface area contributed by atoms with Crippen molar-refractivity contribution >= 4 is 5.91 Å². The fourth-order valence-corrected chi connectivity index (χ4v) is 2.42. The minimum Gasteiger partial charge on any atom is -0.353 e. The number of carbonyl (C=O) groups is 1. The average molecular weight is 182 g/mol. The molecule has 1 atom stereocenters. The van der Waals surface area contributed by atoms with Crippen LogP contribution in [0.25, 0.3) is 0 Å². The second kappa shape index (κ2) is 3.66. The maximum Gasteiger partial charge on any atom is 0.220 e. The molecule has 2 aliphatic rings. The lowest BCUT2D eigenvalue weighted by molar-refractivity contribution is -0.119. The van der Waals surface area contributed by atoms with Crippen LogP contribution in [-0.2, 0) is 4.79 Å². The van der Waals surface area contributed by atoms with Crippen LogP contribution in [0.15, 0.2) is 0 Å². The molecule has 2 heterocycles. The fourth-order valence-electron chi connectivity index (χ4n) is 2.42. The maximum absolute atomic E-state index is 11.0. The van der Waals surface area contributed by atoms with Crippen molar-refractivity contribution in [3.63, 3.8) is 0 Å². The smallest absolute Gasteiger partial charge is 0.220 e. The van der Waals surface area contributed by atoms with Crippen molar-refractivity contribution in [1.29, 1.82) is 0 Å². The molecule has 0 bridgehead atoms. The summed E-state index contributed by atoms with van der Waals surface area (Å²) < 4.78 is 0. The second-order valence-electron chi connectivity index (χ2n) is 4.35. The Labute approximate surface area is 79.5 Å². The van der Waals surface area contributed by atoms with Gasteiger partial charge in [0.1, 0.15) is 0 Å². The zero-order valence-electron chi connectivity index (χ0n) is 8.25. The zero-order chi connectivity index (χ0) is 9.26. The van der Waals surface area contributed by atoms with E-state index in [4.69, 9.17) is 0 Å². The fraction of sp³-hybridized carbons (Fsp3) is 0.900. The van der Waals surface area contributed by atoms with Gasteiger partial charge < -0.3 is 10.2 Å². The third kappa shape index (κ3) is 2.02. The van der Waals surface area contributed by atoms with E-state index in [-0.39, 0.29) is 5.91 Å². The highest BCUT2D eigenvalue weighted by atomic mass is 16.1. The highest BCUT2D eigenvalue weighted by Crippen LogP contribution is 2.25. The van der Waals surface area contributed by atoms with Crippen molar-refractivity contribution < 1.29 is 4.79 Å². The van der Waals surface area contributed by atoms with Gasteiger partial charge in [-0.05, 0) is 45.3 Å². The summed E-state index contributed by atoms with van der Waals surface area (Å²) in [5, 5.41) is 3.08. The maximum atomic E-state index is 11.0. The van der Waals surface area contributed by atoms with Crippen molar-refractivity contribution in [3.05, 3.63) is 0 Å². The zero-order valence-corrected chi connectivity index (χ0v) is 8.25. The number of hydrogen-bond acceptors (Lipinski definition) is 2. The Hall–Kier alpha value is -0.570. The first-order valence-electron chi connectivity index (χ1n) is 5.23. The summed E-state index contributed by atoms with van der Waals surface area (Å²) in [7, 11) is 2.17. The Morgan fingerprint density at radius 3 is 2.54 bits per heavy atom. The summed E-state index contributed by atoms with van der Waals surface area (Å²) in [5.41, 5.74) is 0. The van der Waals surface area contributed by atoms with Gasteiger partial charge >= 0.3 is 0 Å². The molecule has 2 saturated heterocycles. The van der Waals surface area contributed by atoms with Crippen molar-refractivity contribution in [1.82, 2.24) is 10.2 Å². The molecule has 2 rings (SSSR count). The van der Waals surface area contributed by atoms with Crippen LogP contribution in [0, 0.1) is 5.92 Å². The summed E-state index contributed by atoms with van der Waals surface area (Å²) in [4.78, 5) is 13.4. The first kappa shape index (κ1) is 9.00. The van der Waals surface area contributed by atoms with Crippen LogP contribution in [0.4, 0.5) is 0 Å². The molecule has 0 aliphatic carbocycles. The van der Waals surface area contributed by atoms with E-state index < -0.39 is 0 Å². The molecule has 1 amide bonds. The minimum absolute atomic E-state index is 0.254. The molecule has 74 valence electrons. The van der Waals surface area contributed by atoms with Crippen LogP contribution < -0.4 is 5.32 Å². The highest BCUT2D eigenvalue weighted by Gasteiger charge is 2.30. The predicted molar refractivity (Wildman–Crippen MR) is 51.4 cm³/mol. The third-order valence-corrected chi connectivity index (χ3v) is 3.36. The molecule has 0 radical (unpaired) electrons. The van der Waals surface area contributed by atoms with Crippen molar-refractivity contribution in [3.8, 4) is 0 Å². The number of amides is 1. The number of nitrogens with zero attached hydrogens (tertiary/aromatic N) is 1. The Balaban J connectivity index is 1.84. The lowest BCUT2D eigenvalue weighted by atomic mass is 9.89. The van der Waals surface area contributed by atoms with Crippen molar-refractivity contribution in [2.75, 3.05) is 20.1 Å². The summed E-state index contributed by atoms with van der Waals surface area (Å²) in [6, 6.07) is 0.487. The molecule has 0 aromatic carbocycles. The van der Waals surface area contributed by atoms with Crippen LogP contribution >= 0.6 is 0 Å². The predicted octanol–water partition coefficient (Wildman–Crippen LogP) is 0.607. The number of carbonyl (C=O) groups excluding carboxylic acids is 1. The summed E-state index contributed by atoms with van der Waals surface area (Å²) in [5.74, 6) is 0.992. The van der Waals surface area contributed by atoms with Gasteiger partial charge in [-0.15, -0.1) is 0 Å². The molecule has 0 spiro atoms. The third-order valence-electron chi connectivity index (χ3n) is 3.36. The first-order chi connectivity index (χ1) is 6.25. The van der Waals surface area contributed by atoms with E-state index in [1.54, 1.807) is 0 Å². The summed E-state index contributed by atoms with van der Waals surface area (Å²) in [6.07, 6.45) is 4.31. The molecular weight excluding hydrogens is 164 g/mol. The highest BCUT2D eigenvalue weighted by molar-refractivity contribution is 5.78. The number of rotatable bonds is 1. The number of likely N-dealkylation sites (tertiary alicyclic amines) is 1. The normalized spacial score (nSPS) is 32.1. The Kier molecular flexibility index (Phi) is 2.54. The van der Waals surface area contributed by atoms with E-state index in [2.05, 4.69) is 17.3 Å². The van der Waals surface area contributed by atoms with Gasteiger partial charge in [0.05, 0.1) is 0 Å². The molecule has 0 aromatic heterocycles. The Morgan fingerprint density at radius 2 is 2.00 bits per heavy atom. The van der Waals surface area contributed by atoms with Gasteiger partial charge in [-0.25, -0.2) is 0 Å². The van der Waals surface area contributed by atoms with E-state index in [0.717, 1.165) is 18.8 Å². The van der Waals surface area contributed by atoms with Gasteiger partial charge in [0.25, 0.3) is 0 Å². The van der Waals surface area contributed by atoms with Gasteiger partial charge in [0.2, 0.25) is 5.91 Å². The van der Waals surface area contributed by atoms with Gasteiger partial charge in [-0.2, -0.15) is 0 Å². The summed E-state index contributed by atoms with van der Waals surface area (Å²) in [6.45, 7) is 2.38. The molecule has 2 aliphatic heterocycles. The number of piperidine rings is 1. The molecule has 1 N–H and O–H groups in total. The second-order valence-corrected chi connectivity index (χ2v) is 4.35. The summed E-state index contributed by atoms with van der Waals surface area (Å²) >= 11 is 0. The van der Waals surface area contributed by atoms with Gasteiger partial charge in [0, 0.05) is 12.5 Å². The van der Waals surface area contributed by atoms with Gasteiger partial charge in [-0.1, -0.05) is 0 Å². The van der Waals surface area contributed by atoms with Gasteiger partial charge in [-0.3, -0.25) is 4.79 Å². The average Bonchev–Trinajstić information content (AvgIpc) is 2.53. The SMILES string of the molecule is CN1CCC(C2CCC(=O)N2)CC1. The van der Waals surface area contributed by atoms with E-state index in [1.165, 1.54) is 25.9 Å². The molecule has 2 fully saturated rings. The molecule has 0 aromatic rings. The molecule has 3 heteroatoms. The van der Waals surface area contributed by atoms with Gasteiger partial charge in [0.15, 0.2) is 0 Å². The van der Waals surface area contributed by atoms with E-state index in [9.17, 15) is 4.79 Å². The molecule has 1 unspecified atom stereocenters. The lowest BCUT2D eigenvalue weighted by Crippen LogP contribution is -2.40. The quantitative estimate of drug-likeness (QED) is 0.644. The van der Waals surface area contributed by atoms with E-state index >= 15 is 0 Å². The molecule has 0 saturated carbocycles. The largest absolute Gasteiger partial charge is 0.353 e. The van der Waals surface area contributed by atoms with Crippen LogP contribution in [0.1, 0.15) is 25.7 Å². The van der Waals surface area contributed by atoms with Crippen LogP contribution in [-0.4, -0.2) is 37.0 Å². The Bertz CT molecular complexity index is 197. The number of nitrogens with one attached hydrogen (secondary N) is 1. The van der Waals surface area contributed by atoms with Crippen molar-refractivity contribution in [2.45, 2.75) is 31.7 Å². The van der Waals surface area contributed by atoms with Crippen LogP contribution in [0.3, 0.4) is 0 Å². The monoisotopic (exact) mass is 182 g/mol. The van der Waals surface area contributed by atoms with Crippen LogP contribution in [0.5, 0.6) is 0 Å². The standard InChI is InChI=1S/C10H18N2O/c1-12-6-4-8(5-7-12)9-2-3-10(13)11-9/h8-9H,2-7H2,1H3,(H,11,13). The Morgan fingerprint density at radius 1 is 1.31 bits per heavy atom. The van der Waals surface area contributed by atoms with E-state index in [1.807, 2.05) is 0 Å². The van der Waals surface area contributed by atoms with Crippen LogP contribution in [0.2, 0.25) is 0 Å². The number of hydrogen-bond donors (Lipinski definition) is 1. The topological polar surface area (TPSA) is 32.3 Å².